The zero-order valence-electron chi connectivity index (χ0n) is 14.3. The zero-order valence-corrected chi connectivity index (χ0v) is 14.3. The van der Waals surface area contributed by atoms with Gasteiger partial charge in [-0.3, -0.25) is 9.78 Å². The monoisotopic (exact) mass is 329 g/mol. The maximum absolute atomic E-state index is 12.9. The highest BCUT2D eigenvalue weighted by atomic mass is 16.5. The molecule has 5 nitrogen and oxygen atoms in total. The van der Waals surface area contributed by atoms with E-state index in [1.807, 2.05) is 17.0 Å². The zero-order chi connectivity index (χ0) is 16.4. The SMILES string of the molecule is O=C(c1ccncc1)N1CCO[C@@H]2CCN(CC3CCCC3)C[C@H]21. The van der Waals surface area contributed by atoms with Gasteiger partial charge in [-0.25, -0.2) is 0 Å². The van der Waals surface area contributed by atoms with E-state index in [9.17, 15) is 4.79 Å². The molecule has 1 aromatic heterocycles. The van der Waals surface area contributed by atoms with Crippen molar-refractivity contribution in [3.8, 4) is 0 Å². The topological polar surface area (TPSA) is 45.7 Å². The van der Waals surface area contributed by atoms with E-state index in [0.29, 0.717) is 13.2 Å². The molecule has 1 amide bonds. The van der Waals surface area contributed by atoms with Crippen LogP contribution in [0.1, 0.15) is 42.5 Å². The Hall–Kier alpha value is -1.46. The third kappa shape index (κ3) is 3.33. The van der Waals surface area contributed by atoms with Crippen LogP contribution in [-0.4, -0.2) is 65.6 Å². The summed E-state index contributed by atoms with van der Waals surface area (Å²) in [5, 5.41) is 0. The molecule has 0 bridgehead atoms. The second-order valence-corrected chi connectivity index (χ2v) is 7.41. The molecule has 1 saturated carbocycles. The van der Waals surface area contributed by atoms with E-state index < -0.39 is 0 Å². The molecular formula is C19H27N3O2. The summed E-state index contributed by atoms with van der Waals surface area (Å²) in [5.41, 5.74) is 0.735. The molecule has 2 atom stereocenters. The van der Waals surface area contributed by atoms with Crippen LogP contribution in [0.2, 0.25) is 0 Å². The van der Waals surface area contributed by atoms with Crippen LogP contribution < -0.4 is 0 Å². The van der Waals surface area contributed by atoms with E-state index in [-0.39, 0.29) is 18.1 Å². The van der Waals surface area contributed by atoms with Gasteiger partial charge in [-0.05, 0) is 37.3 Å². The fraction of sp³-hybridized carbons (Fsp3) is 0.684. The van der Waals surface area contributed by atoms with E-state index in [1.54, 1.807) is 12.4 Å². The molecule has 130 valence electrons. The number of amides is 1. The number of morpholine rings is 1. The smallest absolute Gasteiger partial charge is 0.254 e. The Bertz CT molecular complexity index is 559. The van der Waals surface area contributed by atoms with E-state index in [4.69, 9.17) is 4.74 Å². The van der Waals surface area contributed by atoms with E-state index >= 15 is 0 Å². The normalized spacial score (nSPS) is 28.8. The van der Waals surface area contributed by atoms with Gasteiger partial charge in [0.05, 0.1) is 18.8 Å². The molecule has 1 aromatic rings. The Labute approximate surface area is 144 Å². The number of ether oxygens (including phenoxy) is 1. The third-order valence-corrected chi connectivity index (χ3v) is 5.85. The van der Waals surface area contributed by atoms with Crippen molar-refractivity contribution in [1.29, 1.82) is 0 Å². The van der Waals surface area contributed by atoms with Gasteiger partial charge in [-0.15, -0.1) is 0 Å². The highest BCUT2D eigenvalue weighted by Crippen LogP contribution is 2.29. The quantitative estimate of drug-likeness (QED) is 0.853. The largest absolute Gasteiger partial charge is 0.374 e. The second-order valence-electron chi connectivity index (χ2n) is 7.41. The predicted molar refractivity (Wildman–Crippen MR) is 91.8 cm³/mol. The maximum Gasteiger partial charge on any atom is 0.254 e. The van der Waals surface area contributed by atoms with Crippen LogP contribution in [-0.2, 0) is 4.74 Å². The lowest BCUT2D eigenvalue weighted by Crippen LogP contribution is -2.61. The van der Waals surface area contributed by atoms with Crippen LogP contribution in [0.25, 0.3) is 0 Å². The highest BCUT2D eigenvalue weighted by Gasteiger charge is 2.39. The Morgan fingerprint density at radius 3 is 2.75 bits per heavy atom. The fourth-order valence-electron chi connectivity index (χ4n) is 4.57. The van der Waals surface area contributed by atoms with Gasteiger partial charge in [-0.2, -0.15) is 0 Å². The number of pyridine rings is 1. The molecule has 0 N–H and O–H groups in total. The molecule has 2 saturated heterocycles. The Morgan fingerprint density at radius 2 is 1.96 bits per heavy atom. The lowest BCUT2D eigenvalue weighted by atomic mass is 9.96. The summed E-state index contributed by atoms with van der Waals surface area (Å²) in [7, 11) is 0. The lowest BCUT2D eigenvalue weighted by Gasteiger charge is -2.47. The minimum absolute atomic E-state index is 0.124. The van der Waals surface area contributed by atoms with Gasteiger partial charge in [-0.1, -0.05) is 12.8 Å². The summed E-state index contributed by atoms with van der Waals surface area (Å²) in [6, 6.07) is 3.81. The summed E-state index contributed by atoms with van der Waals surface area (Å²) in [5.74, 6) is 0.980. The van der Waals surface area contributed by atoms with Crippen molar-refractivity contribution in [1.82, 2.24) is 14.8 Å². The standard InChI is InChI=1S/C19H27N3O2/c23-19(16-5-8-20-9-6-16)22-11-12-24-18-7-10-21(14-17(18)22)13-15-3-1-2-4-15/h5-6,8-9,15,17-18H,1-4,7,10-14H2/t17-,18-/m1/s1. The van der Waals surface area contributed by atoms with Gasteiger partial charge in [0.15, 0.2) is 0 Å². The van der Waals surface area contributed by atoms with Crippen LogP contribution in [0.15, 0.2) is 24.5 Å². The second kappa shape index (κ2) is 7.19. The molecule has 5 heteroatoms. The van der Waals surface area contributed by atoms with Crippen LogP contribution in [0.3, 0.4) is 0 Å². The first kappa shape index (κ1) is 16.0. The summed E-state index contributed by atoms with van der Waals surface area (Å²) < 4.78 is 5.98. The van der Waals surface area contributed by atoms with Crippen molar-refractivity contribution in [2.24, 2.45) is 5.92 Å². The Morgan fingerprint density at radius 1 is 1.17 bits per heavy atom. The van der Waals surface area contributed by atoms with Crippen molar-refractivity contribution in [2.75, 3.05) is 32.8 Å². The molecule has 0 spiro atoms. The molecule has 0 radical (unpaired) electrons. The van der Waals surface area contributed by atoms with Crippen molar-refractivity contribution >= 4 is 5.91 Å². The van der Waals surface area contributed by atoms with E-state index in [1.165, 1.54) is 32.2 Å². The van der Waals surface area contributed by atoms with Crippen LogP contribution in [0.5, 0.6) is 0 Å². The lowest BCUT2D eigenvalue weighted by molar-refractivity contribution is -0.0916. The summed E-state index contributed by atoms with van der Waals surface area (Å²) in [4.78, 5) is 21.6. The number of carbonyl (C=O) groups is 1. The van der Waals surface area contributed by atoms with Gasteiger partial charge in [0.2, 0.25) is 0 Å². The van der Waals surface area contributed by atoms with Crippen molar-refractivity contribution in [3.63, 3.8) is 0 Å². The number of fused-ring (bicyclic) bond motifs is 1. The van der Waals surface area contributed by atoms with E-state index in [0.717, 1.165) is 31.0 Å². The molecule has 0 unspecified atom stereocenters. The number of hydrogen-bond acceptors (Lipinski definition) is 4. The first-order chi connectivity index (χ1) is 11.8. The molecule has 24 heavy (non-hydrogen) atoms. The molecule has 2 aliphatic heterocycles. The van der Waals surface area contributed by atoms with Crippen molar-refractivity contribution in [3.05, 3.63) is 30.1 Å². The minimum Gasteiger partial charge on any atom is -0.374 e. The number of aromatic nitrogens is 1. The molecule has 4 rings (SSSR count). The number of likely N-dealkylation sites (tertiary alicyclic amines) is 1. The molecular weight excluding hydrogens is 302 g/mol. The minimum atomic E-state index is 0.124. The van der Waals surface area contributed by atoms with Crippen LogP contribution in [0, 0.1) is 5.92 Å². The number of hydrogen-bond donors (Lipinski definition) is 0. The number of carbonyl (C=O) groups excluding carboxylic acids is 1. The van der Waals surface area contributed by atoms with E-state index in [2.05, 4.69) is 9.88 Å². The molecule has 3 heterocycles. The number of piperidine rings is 1. The molecule has 0 aromatic carbocycles. The highest BCUT2D eigenvalue weighted by molar-refractivity contribution is 5.94. The number of nitrogens with zero attached hydrogens (tertiary/aromatic N) is 3. The van der Waals surface area contributed by atoms with Crippen molar-refractivity contribution < 1.29 is 9.53 Å². The maximum atomic E-state index is 12.9. The number of rotatable bonds is 3. The van der Waals surface area contributed by atoms with Crippen molar-refractivity contribution in [2.45, 2.75) is 44.2 Å². The molecule has 1 aliphatic carbocycles. The van der Waals surface area contributed by atoms with Gasteiger partial charge in [0.1, 0.15) is 0 Å². The van der Waals surface area contributed by atoms with Crippen LogP contribution in [0.4, 0.5) is 0 Å². The first-order valence-electron chi connectivity index (χ1n) is 9.36. The summed E-state index contributed by atoms with van der Waals surface area (Å²) in [6.07, 6.45) is 10.2. The first-order valence-corrected chi connectivity index (χ1v) is 9.36. The fourth-order valence-corrected chi connectivity index (χ4v) is 4.57. The predicted octanol–water partition coefficient (Wildman–Crippen LogP) is 2.19. The van der Waals surface area contributed by atoms with Gasteiger partial charge < -0.3 is 14.5 Å². The van der Waals surface area contributed by atoms with Gasteiger partial charge >= 0.3 is 0 Å². The summed E-state index contributed by atoms with van der Waals surface area (Å²) in [6.45, 7) is 4.60. The van der Waals surface area contributed by atoms with Crippen LogP contribution >= 0.6 is 0 Å². The van der Waals surface area contributed by atoms with Gasteiger partial charge in [0.25, 0.3) is 5.91 Å². The molecule has 3 fully saturated rings. The Kier molecular flexibility index (Phi) is 4.81. The third-order valence-electron chi connectivity index (χ3n) is 5.85. The summed E-state index contributed by atoms with van der Waals surface area (Å²) >= 11 is 0. The average Bonchev–Trinajstić information content (AvgIpc) is 3.14. The van der Waals surface area contributed by atoms with Gasteiger partial charge in [0, 0.05) is 44.1 Å². The average molecular weight is 329 g/mol. The Balaban J connectivity index is 1.45. The molecule has 3 aliphatic rings.